The molecule has 0 aliphatic heterocycles. The molecule has 0 aromatic carbocycles. The van der Waals surface area contributed by atoms with E-state index in [1.807, 2.05) is 13.8 Å². The van der Waals surface area contributed by atoms with Gasteiger partial charge in [-0.1, -0.05) is 26.7 Å². The molecule has 1 amide bonds. The lowest BCUT2D eigenvalue weighted by molar-refractivity contribution is -0.129. The highest BCUT2D eigenvalue weighted by atomic mass is 31.2. The van der Waals surface area contributed by atoms with E-state index in [1.165, 1.54) is 4.90 Å². The highest BCUT2D eigenvalue weighted by molar-refractivity contribution is 7.73. The van der Waals surface area contributed by atoms with Gasteiger partial charge in [0.05, 0.1) is 13.2 Å². The number of rotatable bonds is 13. The summed E-state index contributed by atoms with van der Waals surface area (Å²) in [7, 11) is -9.34. The second kappa shape index (κ2) is 11.4. The molecule has 2 atom stereocenters. The maximum atomic E-state index is 12.6. The van der Waals surface area contributed by atoms with Crippen LogP contribution in [0.3, 0.4) is 0 Å². The molecule has 0 aromatic rings. The maximum absolute atomic E-state index is 12.6. The number of hydrogen-bond acceptors (Lipinski definition) is 5. The lowest BCUT2D eigenvalue weighted by Gasteiger charge is -2.29. The van der Waals surface area contributed by atoms with Gasteiger partial charge >= 0.3 is 15.2 Å². The molecular formula is C14H31NO7P2. The minimum Gasteiger partial charge on any atom is -0.342 e. The van der Waals surface area contributed by atoms with Crippen LogP contribution in [0, 0.1) is 0 Å². The first-order chi connectivity index (χ1) is 11.2. The normalized spacial score (nSPS) is 17.8. The van der Waals surface area contributed by atoms with E-state index in [9.17, 15) is 23.7 Å². The molecular weight excluding hydrogens is 356 g/mol. The molecule has 0 rings (SSSR count). The van der Waals surface area contributed by atoms with Crippen LogP contribution in [0.1, 0.15) is 53.4 Å². The third kappa shape index (κ3) is 7.34. The van der Waals surface area contributed by atoms with Crippen LogP contribution in [0.15, 0.2) is 0 Å². The van der Waals surface area contributed by atoms with Crippen molar-refractivity contribution in [2.75, 3.05) is 26.3 Å². The highest BCUT2D eigenvalue weighted by Crippen LogP contribution is 2.66. The van der Waals surface area contributed by atoms with Crippen LogP contribution >= 0.6 is 15.2 Å². The molecule has 0 saturated carbocycles. The Bertz CT molecular complexity index is 438. The second-order valence-corrected chi connectivity index (χ2v) is 9.60. The maximum Gasteiger partial charge on any atom is 0.352 e. The fourth-order valence-corrected chi connectivity index (χ4v) is 5.81. The molecule has 0 saturated heterocycles. The lowest BCUT2D eigenvalue weighted by atomic mass is 10.4. The monoisotopic (exact) mass is 387 g/mol. The van der Waals surface area contributed by atoms with Crippen molar-refractivity contribution in [1.82, 2.24) is 4.90 Å². The van der Waals surface area contributed by atoms with E-state index in [1.54, 1.807) is 13.8 Å². The average Bonchev–Trinajstić information content (AvgIpc) is 2.48. The number of hydrogen-bond donors (Lipinski definition) is 2. The predicted octanol–water partition coefficient (Wildman–Crippen LogP) is 3.19. The Labute approximate surface area is 144 Å². The van der Waals surface area contributed by atoms with Crippen molar-refractivity contribution in [3.05, 3.63) is 0 Å². The van der Waals surface area contributed by atoms with Gasteiger partial charge in [0.1, 0.15) is 0 Å². The number of amides is 1. The molecule has 0 bridgehead atoms. The summed E-state index contributed by atoms with van der Waals surface area (Å²) in [5.41, 5.74) is 0. The van der Waals surface area contributed by atoms with E-state index in [2.05, 4.69) is 0 Å². The molecule has 2 N–H and O–H groups in total. The van der Waals surface area contributed by atoms with Crippen molar-refractivity contribution in [1.29, 1.82) is 0 Å². The van der Waals surface area contributed by atoms with Crippen LogP contribution in [0.25, 0.3) is 0 Å². The van der Waals surface area contributed by atoms with Gasteiger partial charge in [0.15, 0.2) is 0 Å². The molecule has 0 fully saturated rings. The minimum absolute atomic E-state index is 0.0682. The van der Waals surface area contributed by atoms with Gasteiger partial charge in [-0.2, -0.15) is 0 Å². The summed E-state index contributed by atoms with van der Waals surface area (Å²) < 4.78 is 34.9. The van der Waals surface area contributed by atoms with Crippen molar-refractivity contribution in [3.63, 3.8) is 0 Å². The Kier molecular flexibility index (Phi) is 11.3. The molecule has 0 aromatic heterocycles. The van der Waals surface area contributed by atoms with Gasteiger partial charge < -0.3 is 23.7 Å². The van der Waals surface area contributed by atoms with E-state index in [-0.39, 0.29) is 26.3 Å². The van der Waals surface area contributed by atoms with Gasteiger partial charge in [-0.25, -0.2) is 0 Å². The fourth-order valence-electron chi connectivity index (χ4n) is 1.98. The van der Waals surface area contributed by atoms with Crippen LogP contribution in [0.2, 0.25) is 0 Å². The summed E-state index contributed by atoms with van der Waals surface area (Å²) in [4.78, 5) is 34.1. The van der Waals surface area contributed by atoms with Gasteiger partial charge in [0, 0.05) is 13.1 Å². The zero-order valence-corrected chi connectivity index (χ0v) is 16.8. The quantitative estimate of drug-likeness (QED) is 0.368. The van der Waals surface area contributed by atoms with Crippen molar-refractivity contribution < 1.29 is 32.8 Å². The summed E-state index contributed by atoms with van der Waals surface area (Å²) in [5, 5.41) is -2.11. The number of carbonyl (C=O) groups is 1. The third-order valence-corrected chi connectivity index (χ3v) is 8.00. The Morgan fingerprint density at radius 3 is 1.58 bits per heavy atom. The predicted molar refractivity (Wildman–Crippen MR) is 93.1 cm³/mol. The highest BCUT2D eigenvalue weighted by Gasteiger charge is 2.53. The van der Waals surface area contributed by atoms with Gasteiger partial charge in [0.2, 0.25) is 11.3 Å². The first-order valence-corrected chi connectivity index (χ1v) is 11.7. The Morgan fingerprint density at radius 1 is 0.917 bits per heavy atom. The Hall–Kier alpha value is -0.230. The van der Waals surface area contributed by atoms with E-state index in [0.717, 1.165) is 12.8 Å². The van der Waals surface area contributed by atoms with Crippen molar-refractivity contribution in [3.8, 4) is 0 Å². The Morgan fingerprint density at radius 2 is 1.29 bits per heavy atom. The van der Waals surface area contributed by atoms with Crippen LogP contribution in [0.4, 0.5) is 0 Å². The first kappa shape index (κ1) is 23.8. The van der Waals surface area contributed by atoms with Crippen molar-refractivity contribution in [2.24, 2.45) is 0 Å². The summed E-state index contributed by atoms with van der Waals surface area (Å²) in [6.45, 7) is 7.45. The molecule has 0 aliphatic rings. The summed E-state index contributed by atoms with van der Waals surface area (Å²) in [5.74, 6) is -0.898. The molecule has 0 radical (unpaired) electrons. The lowest BCUT2D eigenvalue weighted by Crippen LogP contribution is -2.39. The smallest absolute Gasteiger partial charge is 0.342 e. The summed E-state index contributed by atoms with van der Waals surface area (Å²) >= 11 is 0. The number of nitrogens with zero attached hydrogens (tertiary/aromatic N) is 1. The third-order valence-electron chi connectivity index (χ3n) is 3.46. The molecule has 2 unspecified atom stereocenters. The number of unbranched alkanes of at least 4 members (excludes halogenated alkanes) is 2. The van der Waals surface area contributed by atoms with Gasteiger partial charge in [0.25, 0.3) is 0 Å². The molecule has 0 aliphatic carbocycles. The summed E-state index contributed by atoms with van der Waals surface area (Å²) in [6, 6.07) is 0. The molecule has 24 heavy (non-hydrogen) atoms. The van der Waals surface area contributed by atoms with E-state index >= 15 is 0 Å². The molecule has 10 heteroatoms. The summed E-state index contributed by atoms with van der Waals surface area (Å²) in [6.07, 6.45) is 2.45. The van der Waals surface area contributed by atoms with Gasteiger partial charge in [-0.3, -0.25) is 13.9 Å². The van der Waals surface area contributed by atoms with Crippen LogP contribution in [0.5, 0.6) is 0 Å². The van der Waals surface area contributed by atoms with Crippen LogP contribution < -0.4 is 0 Å². The fraction of sp³-hybridized carbons (Fsp3) is 0.929. The number of carbonyl (C=O) groups excluding carboxylic acids is 1. The van der Waals surface area contributed by atoms with E-state index in [4.69, 9.17) is 9.05 Å². The second-order valence-electron chi connectivity index (χ2n) is 5.39. The zero-order chi connectivity index (χ0) is 18.8. The minimum atomic E-state index is -4.67. The first-order valence-electron chi connectivity index (χ1n) is 8.40. The largest absolute Gasteiger partial charge is 0.352 e. The van der Waals surface area contributed by atoms with Crippen molar-refractivity contribution in [2.45, 2.75) is 58.8 Å². The molecule has 8 nitrogen and oxygen atoms in total. The van der Waals surface area contributed by atoms with Gasteiger partial charge in [-0.15, -0.1) is 0 Å². The SMILES string of the molecule is CCCCOP(=O)(O)C(C(=O)N(CC)CC)P(=O)(O)OCCCC. The van der Waals surface area contributed by atoms with E-state index in [0.29, 0.717) is 12.8 Å². The van der Waals surface area contributed by atoms with Crippen LogP contribution in [-0.2, 0) is 23.0 Å². The molecule has 144 valence electrons. The standard InChI is InChI=1S/C14H31NO7P2/c1-5-9-11-21-23(17,18)14(13(16)15(7-3)8-4)24(19,20)22-12-10-6-2/h14H,5-12H2,1-4H3,(H,17,18)(H,19,20). The molecule has 0 spiro atoms. The van der Waals surface area contributed by atoms with Gasteiger partial charge in [-0.05, 0) is 26.7 Å². The van der Waals surface area contributed by atoms with Crippen molar-refractivity contribution >= 4 is 21.1 Å². The Balaban J connectivity index is 5.53. The van der Waals surface area contributed by atoms with Crippen LogP contribution in [-0.4, -0.2) is 52.3 Å². The topological polar surface area (TPSA) is 113 Å². The average molecular weight is 387 g/mol. The van der Waals surface area contributed by atoms with E-state index < -0.39 is 26.5 Å². The zero-order valence-electron chi connectivity index (χ0n) is 15.0. The molecule has 0 heterocycles.